The number of aromatic nitrogens is 1. The van der Waals surface area contributed by atoms with Gasteiger partial charge < -0.3 is 15.3 Å². The highest BCUT2D eigenvalue weighted by Gasteiger charge is 2.17. The van der Waals surface area contributed by atoms with Crippen molar-refractivity contribution in [1.82, 2.24) is 9.88 Å². The third-order valence-corrected chi connectivity index (χ3v) is 3.53. The lowest BCUT2D eigenvalue weighted by atomic mass is 10.2. The highest BCUT2D eigenvalue weighted by atomic mass is 32.1. The molecule has 0 bridgehead atoms. The Bertz CT molecular complexity index is 447. The van der Waals surface area contributed by atoms with Gasteiger partial charge in [0.2, 0.25) is 5.91 Å². The molecule has 1 atom stereocenters. The molecule has 0 aliphatic heterocycles. The Labute approximate surface area is 116 Å². The molecule has 1 unspecified atom stereocenters. The van der Waals surface area contributed by atoms with Gasteiger partial charge in [0.1, 0.15) is 6.04 Å². The first-order valence-electron chi connectivity index (χ1n) is 6.11. The molecule has 1 amide bonds. The molecule has 6 nitrogen and oxygen atoms in total. The van der Waals surface area contributed by atoms with Crippen molar-refractivity contribution < 1.29 is 14.7 Å². The summed E-state index contributed by atoms with van der Waals surface area (Å²) in [6, 6.07) is -0.344. The minimum Gasteiger partial charge on any atom is -0.481 e. The van der Waals surface area contributed by atoms with Gasteiger partial charge in [0.25, 0.3) is 0 Å². The van der Waals surface area contributed by atoms with Crippen molar-refractivity contribution >= 4 is 28.3 Å². The number of hydrogen-bond acceptors (Lipinski definition) is 5. The number of carboxylic acids is 1. The highest BCUT2D eigenvalue weighted by molar-refractivity contribution is 7.13. The number of nitrogens with zero attached hydrogens (tertiary/aromatic N) is 2. The number of aryl methyl sites for hydroxylation is 1. The summed E-state index contributed by atoms with van der Waals surface area (Å²) in [4.78, 5) is 28.2. The fourth-order valence-electron chi connectivity index (χ4n) is 1.46. The van der Waals surface area contributed by atoms with Crippen LogP contribution in [0.2, 0.25) is 0 Å². The zero-order chi connectivity index (χ0) is 14.4. The van der Waals surface area contributed by atoms with Gasteiger partial charge in [-0.25, -0.2) is 4.98 Å². The van der Waals surface area contributed by atoms with Crippen molar-refractivity contribution in [2.75, 3.05) is 18.9 Å². The molecule has 1 aromatic heterocycles. The Morgan fingerprint density at radius 3 is 2.84 bits per heavy atom. The second kappa shape index (κ2) is 7.08. The van der Waals surface area contributed by atoms with Crippen LogP contribution in [-0.4, -0.2) is 46.5 Å². The number of likely N-dealkylation sites (N-methyl/N-ethyl adjacent to an activating group) is 1. The number of amides is 1. The van der Waals surface area contributed by atoms with Gasteiger partial charge in [-0.1, -0.05) is 0 Å². The summed E-state index contributed by atoms with van der Waals surface area (Å²) in [6.45, 7) is 4.36. The number of carboxylic acid groups (broad SMARTS) is 1. The van der Waals surface area contributed by atoms with Gasteiger partial charge in [-0.2, -0.15) is 0 Å². The summed E-state index contributed by atoms with van der Waals surface area (Å²) < 4.78 is 0. The maximum atomic E-state index is 11.9. The Balaban J connectivity index is 2.53. The summed E-state index contributed by atoms with van der Waals surface area (Å²) >= 11 is 1.38. The number of anilines is 1. The molecule has 0 radical (unpaired) electrons. The maximum Gasteiger partial charge on any atom is 0.303 e. The fraction of sp³-hybridized carbons (Fsp3) is 0.583. The van der Waals surface area contributed by atoms with E-state index in [9.17, 15) is 9.59 Å². The quantitative estimate of drug-likeness (QED) is 0.792. The number of carbonyl (C=O) groups is 2. The number of aliphatic carboxylic acids is 1. The topological polar surface area (TPSA) is 82.5 Å². The predicted octanol–water partition coefficient (Wildman–Crippen LogP) is 1.44. The fourth-order valence-corrected chi connectivity index (χ4v) is 2.29. The largest absolute Gasteiger partial charge is 0.481 e. The molecule has 0 aromatic carbocycles. The Kier molecular flexibility index (Phi) is 5.75. The molecule has 0 saturated carbocycles. The smallest absolute Gasteiger partial charge is 0.303 e. The van der Waals surface area contributed by atoms with Crippen LogP contribution in [0.4, 0.5) is 5.13 Å². The lowest BCUT2D eigenvalue weighted by Crippen LogP contribution is -2.38. The highest BCUT2D eigenvalue weighted by Crippen LogP contribution is 2.17. The molecule has 2 N–H and O–H groups in total. The molecule has 106 valence electrons. The van der Waals surface area contributed by atoms with E-state index in [1.807, 2.05) is 12.3 Å². The molecule has 0 spiro atoms. The molecule has 1 rings (SSSR count). The van der Waals surface area contributed by atoms with Crippen LogP contribution >= 0.6 is 11.3 Å². The van der Waals surface area contributed by atoms with Crippen molar-refractivity contribution in [3.63, 3.8) is 0 Å². The summed E-state index contributed by atoms with van der Waals surface area (Å²) in [5.74, 6) is -0.833. The van der Waals surface area contributed by atoms with Crippen molar-refractivity contribution in [2.24, 2.45) is 0 Å². The number of nitrogens with one attached hydrogen (secondary N) is 1. The average molecular weight is 285 g/mol. The molecule has 1 aromatic rings. The van der Waals surface area contributed by atoms with Gasteiger partial charge in [-0.3, -0.25) is 9.59 Å². The minimum absolute atomic E-state index is 0.00443. The second-order valence-electron chi connectivity index (χ2n) is 4.26. The Morgan fingerprint density at radius 2 is 2.26 bits per heavy atom. The van der Waals surface area contributed by atoms with Crippen molar-refractivity contribution in [1.29, 1.82) is 0 Å². The lowest BCUT2D eigenvalue weighted by Gasteiger charge is -2.20. The average Bonchev–Trinajstić information content (AvgIpc) is 2.82. The molecule has 19 heavy (non-hydrogen) atoms. The minimum atomic E-state index is -0.837. The van der Waals surface area contributed by atoms with E-state index in [1.54, 1.807) is 18.9 Å². The van der Waals surface area contributed by atoms with Crippen LogP contribution in [0.3, 0.4) is 0 Å². The first-order valence-corrected chi connectivity index (χ1v) is 6.99. The molecule has 0 aliphatic rings. The molecular weight excluding hydrogens is 266 g/mol. The van der Waals surface area contributed by atoms with Crippen LogP contribution in [0.25, 0.3) is 0 Å². The third kappa shape index (κ3) is 4.86. The van der Waals surface area contributed by atoms with E-state index in [4.69, 9.17) is 5.11 Å². The van der Waals surface area contributed by atoms with Crippen LogP contribution in [0.15, 0.2) is 5.38 Å². The van der Waals surface area contributed by atoms with Crippen molar-refractivity contribution in [3.05, 3.63) is 11.1 Å². The van der Waals surface area contributed by atoms with Crippen molar-refractivity contribution in [2.45, 2.75) is 32.7 Å². The van der Waals surface area contributed by atoms with Gasteiger partial charge in [-0.05, 0) is 13.8 Å². The number of hydrogen-bond donors (Lipinski definition) is 2. The van der Waals surface area contributed by atoms with E-state index < -0.39 is 5.97 Å². The second-order valence-corrected chi connectivity index (χ2v) is 5.11. The van der Waals surface area contributed by atoms with E-state index in [1.165, 1.54) is 11.3 Å². The molecule has 7 heteroatoms. The Hall–Kier alpha value is -1.63. The van der Waals surface area contributed by atoms with E-state index in [-0.39, 0.29) is 18.4 Å². The number of carbonyl (C=O) groups excluding carboxylic acids is 1. The first kappa shape index (κ1) is 15.4. The van der Waals surface area contributed by atoms with Crippen molar-refractivity contribution in [3.8, 4) is 0 Å². The number of thiazole rings is 1. The molecule has 1 heterocycles. The summed E-state index contributed by atoms with van der Waals surface area (Å²) in [7, 11) is 1.75. The lowest BCUT2D eigenvalue weighted by molar-refractivity contribution is -0.137. The van der Waals surface area contributed by atoms with Crippen LogP contribution in [0.1, 0.15) is 26.0 Å². The standard InChI is InChI=1S/C12H19N3O3S/c1-4-15(3)11(18)8(2)13-12-14-9(7-19-12)5-6-10(16)17/h7-8H,4-6H2,1-3H3,(H,13,14)(H,16,17). The van der Waals surface area contributed by atoms with Crippen LogP contribution < -0.4 is 5.32 Å². The van der Waals surface area contributed by atoms with E-state index in [0.29, 0.717) is 18.1 Å². The first-order chi connectivity index (χ1) is 8.93. The van der Waals surface area contributed by atoms with E-state index in [2.05, 4.69) is 10.3 Å². The molecule has 0 saturated heterocycles. The Morgan fingerprint density at radius 1 is 1.58 bits per heavy atom. The van der Waals surface area contributed by atoms with E-state index in [0.717, 1.165) is 5.69 Å². The molecule has 0 aliphatic carbocycles. The zero-order valence-corrected chi connectivity index (χ0v) is 12.2. The normalized spacial score (nSPS) is 11.9. The van der Waals surface area contributed by atoms with E-state index >= 15 is 0 Å². The predicted molar refractivity (Wildman–Crippen MR) is 74.5 cm³/mol. The molecule has 0 fully saturated rings. The molecular formula is C12H19N3O3S. The number of rotatable bonds is 7. The third-order valence-electron chi connectivity index (χ3n) is 2.71. The van der Waals surface area contributed by atoms with Gasteiger partial charge in [-0.15, -0.1) is 11.3 Å². The maximum absolute atomic E-state index is 11.9. The van der Waals surface area contributed by atoms with Gasteiger partial charge >= 0.3 is 5.97 Å². The van der Waals surface area contributed by atoms with Gasteiger partial charge in [0, 0.05) is 25.4 Å². The SMILES string of the molecule is CCN(C)C(=O)C(C)Nc1nc(CCC(=O)O)cs1. The summed E-state index contributed by atoms with van der Waals surface area (Å²) in [5, 5.41) is 14.1. The summed E-state index contributed by atoms with van der Waals surface area (Å²) in [5.41, 5.74) is 0.735. The van der Waals surface area contributed by atoms with Crippen LogP contribution in [-0.2, 0) is 16.0 Å². The van der Waals surface area contributed by atoms with Gasteiger partial charge in [0.05, 0.1) is 12.1 Å². The monoisotopic (exact) mass is 285 g/mol. The summed E-state index contributed by atoms with van der Waals surface area (Å²) in [6.07, 6.45) is 0.473. The van der Waals surface area contributed by atoms with Crippen LogP contribution in [0.5, 0.6) is 0 Å². The van der Waals surface area contributed by atoms with Gasteiger partial charge in [0.15, 0.2) is 5.13 Å². The zero-order valence-electron chi connectivity index (χ0n) is 11.3. The van der Waals surface area contributed by atoms with Crippen LogP contribution in [0, 0.1) is 0 Å².